The number of nitrogens with zero attached hydrogens (tertiary/aromatic N) is 3. The molecule has 196 valence electrons. The van der Waals surface area contributed by atoms with E-state index in [0.717, 1.165) is 49.5 Å². The Hall–Kier alpha value is -4.35. The van der Waals surface area contributed by atoms with E-state index in [0.29, 0.717) is 28.9 Å². The van der Waals surface area contributed by atoms with E-state index >= 15 is 0 Å². The van der Waals surface area contributed by atoms with E-state index in [2.05, 4.69) is 33.6 Å². The largest absolute Gasteiger partial charge is 0.462 e. The van der Waals surface area contributed by atoms with Crippen LogP contribution in [0.2, 0.25) is 0 Å². The van der Waals surface area contributed by atoms with Crippen molar-refractivity contribution >= 4 is 28.9 Å². The highest BCUT2D eigenvalue weighted by Crippen LogP contribution is 2.23. The van der Waals surface area contributed by atoms with Gasteiger partial charge in [0.15, 0.2) is 0 Å². The second-order valence-electron chi connectivity index (χ2n) is 9.28. The van der Waals surface area contributed by atoms with Crippen molar-refractivity contribution in [3.05, 3.63) is 89.0 Å². The minimum Gasteiger partial charge on any atom is -0.462 e. The molecule has 0 unspecified atom stereocenters. The normalized spacial score (nSPS) is 13.8. The van der Waals surface area contributed by atoms with Crippen LogP contribution in [0.5, 0.6) is 0 Å². The number of carbonyl (C=O) groups excluding carboxylic acids is 2. The number of benzene rings is 3. The first-order valence-corrected chi connectivity index (χ1v) is 12.9. The van der Waals surface area contributed by atoms with Crippen molar-refractivity contribution in [1.82, 2.24) is 4.90 Å². The van der Waals surface area contributed by atoms with E-state index in [4.69, 9.17) is 10.00 Å². The van der Waals surface area contributed by atoms with E-state index in [1.807, 2.05) is 30.3 Å². The fraction of sp³-hybridized carbons (Fsp3) is 0.300. The molecule has 1 aliphatic rings. The first-order chi connectivity index (χ1) is 18.5. The van der Waals surface area contributed by atoms with Gasteiger partial charge in [0.1, 0.15) is 0 Å². The number of nitrogens with one attached hydrogen (secondary N) is 2. The standard InChI is InChI=1S/C30H33N5O3/c1-3-38-30(37)24-8-9-25(21-32-26-7-4-6-22(18-26)20-31)28(19-24)33-29(36)23-10-12-27(13-11-23)35-15-5-14-34(2)16-17-35/h4,6-13,18-19,32H,3,5,14-17,21H2,1-2H3,(H,33,36). The summed E-state index contributed by atoms with van der Waals surface area (Å²) < 4.78 is 5.15. The fourth-order valence-corrected chi connectivity index (χ4v) is 4.41. The van der Waals surface area contributed by atoms with Gasteiger partial charge in [0.2, 0.25) is 0 Å². The summed E-state index contributed by atoms with van der Waals surface area (Å²) in [7, 11) is 2.14. The highest BCUT2D eigenvalue weighted by atomic mass is 16.5. The third-order valence-corrected chi connectivity index (χ3v) is 6.56. The number of anilines is 3. The lowest BCUT2D eigenvalue weighted by atomic mass is 10.1. The van der Waals surface area contributed by atoms with Crippen molar-refractivity contribution in [3.8, 4) is 6.07 Å². The Labute approximate surface area is 223 Å². The quantitative estimate of drug-likeness (QED) is 0.422. The van der Waals surface area contributed by atoms with Crippen LogP contribution in [0.1, 0.15) is 45.2 Å². The molecule has 1 saturated heterocycles. The molecule has 0 aliphatic carbocycles. The number of nitriles is 1. The summed E-state index contributed by atoms with van der Waals surface area (Å²) in [6.45, 7) is 6.44. The SMILES string of the molecule is CCOC(=O)c1ccc(CNc2cccc(C#N)c2)c(NC(=O)c2ccc(N3CCCN(C)CC3)cc2)c1. The van der Waals surface area contributed by atoms with Crippen molar-refractivity contribution in [2.24, 2.45) is 0 Å². The summed E-state index contributed by atoms with van der Waals surface area (Å²) in [5.74, 6) is -0.711. The van der Waals surface area contributed by atoms with Crippen LogP contribution in [-0.4, -0.2) is 56.6 Å². The van der Waals surface area contributed by atoms with E-state index in [1.165, 1.54) is 0 Å². The average Bonchev–Trinajstić information content (AvgIpc) is 3.17. The predicted molar refractivity (Wildman–Crippen MR) is 150 cm³/mol. The highest BCUT2D eigenvalue weighted by molar-refractivity contribution is 6.05. The Balaban J connectivity index is 1.51. The second-order valence-corrected chi connectivity index (χ2v) is 9.28. The number of ether oxygens (including phenoxy) is 1. The summed E-state index contributed by atoms with van der Waals surface area (Å²) in [5.41, 5.74) is 4.64. The first kappa shape index (κ1) is 26.7. The smallest absolute Gasteiger partial charge is 0.338 e. The van der Waals surface area contributed by atoms with Crippen molar-refractivity contribution in [2.75, 3.05) is 55.4 Å². The summed E-state index contributed by atoms with van der Waals surface area (Å²) >= 11 is 0. The number of carbonyl (C=O) groups is 2. The van der Waals surface area contributed by atoms with Crippen molar-refractivity contribution < 1.29 is 14.3 Å². The fourth-order valence-electron chi connectivity index (χ4n) is 4.41. The Kier molecular flexibility index (Phi) is 8.96. The third kappa shape index (κ3) is 6.90. The van der Waals surface area contributed by atoms with Gasteiger partial charge in [-0.1, -0.05) is 12.1 Å². The number of hydrogen-bond donors (Lipinski definition) is 2. The zero-order valence-corrected chi connectivity index (χ0v) is 21.9. The second kappa shape index (κ2) is 12.7. The lowest BCUT2D eigenvalue weighted by Crippen LogP contribution is -2.28. The molecule has 3 aromatic rings. The van der Waals surface area contributed by atoms with Gasteiger partial charge in [0, 0.05) is 48.8 Å². The average molecular weight is 512 g/mol. The molecule has 8 nitrogen and oxygen atoms in total. The number of likely N-dealkylation sites (N-methyl/N-ethyl adjacent to an activating group) is 1. The van der Waals surface area contributed by atoms with Gasteiger partial charge in [-0.25, -0.2) is 4.79 Å². The van der Waals surface area contributed by atoms with Gasteiger partial charge in [0.05, 0.1) is 23.8 Å². The molecule has 0 radical (unpaired) electrons. The van der Waals surface area contributed by atoms with Gasteiger partial charge in [-0.2, -0.15) is 5.26 Å². The monoisotopic (exact) mass is 511 g/mol. The molecule has 0 aromatic heterocycles. The molecule has 2 N–H and O–H groups in total. The highest BCUT2D eigenvalue weighted by Gasteiger charge is 2.16. The molecule has 1 amide bonds. The lowest BCUT2D eigenvalue weighted by molar-refractivity contribution is 0.0526. The summed E-state index contributed by atoms with van der Waals surface area (Å²) in [6.07, 6.45) is 1.10. The Bertz CT molecular complexity index is 1320. The van der Waals surface area contributed by atoms with E-state index in [-0.39, 0.29) is 12.5 Å². The van der Waals surface area contributed by atoms with Gasteiger partial charge < -0.3 is 25.2 Å². The molecule has 1 heterocycles. The molecule has 0 spiro atoms. The summed E-state index contributed by atoms with van der Waals surface area (Å²) in [6, 6.07) is 22.1. The number of hydrogen-bond acceptors (Lipinski definition) is 7. The maximum Gasteiger partial charge on any atom is 0.338 e. The number of esters is 1. The minimum atomic E-state index is -0.448. The van der Waals surface area contributed by atoms with Gasteiger partial charge in [-0.05, 0) is 87.1 Å². The topological polar surface area (TPSA) is 97.7 Å². The maximum absolute atomic E-state index is 13.2. The molecule has 38 heavy (non-hydrogen) atoms. The Morgan fingerprint density at radius 2 is 1.76 bits per heavy atom. The molecule has 1 fully saturated rings. The van der Waals surface area contributed by atoms with Crippen molar-refractivity contribution in [2.45, 2.75) is 19.9 Å². The van der Waals surface area contributed by atoms with Crippen LogP contribution in [0.25, 0.3) is 0 Å². The van der Waals surface area contributed by atoms with Gasteiger partial charge in [-0.15, -0.1) is 0 Å². The van der Waals surface area contributed by atoms with Crippen LogP contribution in [0.3, 0.4) is 0 Å². The molecular weight excluding hydrogens is 478 g/mol. The minimum absolute atomic E-state index is 0.263. The van der Waals surface area contributed by atoms with Gasteiger partial charge >= 0.3 is 5.97 Å². The summed E-state index contributed by atoms with van der Waals surface area (Å²) in [5, 5.41) is 15.4. The van der Waals surface area contributed by atoms with Crippen LogP contribution < -0.4 is 15.5 Å². The van der Waals surface area contributed by atoms with E-state index in [1.54, 1.807) is 43.3 Å². The van der Waals surface area contributed by atoms with Gasteiger partial charge in [0.25, 0.3) is 5.91 Å². The first-order valence-electron chi connectivity index (χ1n) is 12.9. The van der Waals surface area contributed by atoms with Crippen molar-refractivity contribution in [1.29, 1.82) is 5.26 Å². The van der Waals surface area contributed by atoms with Crippen LogP contribution in [0.15, 0.2) is 66.7 Å². The van der Waals surface area contributed by atoms with Gasteiger partial charge in [-0.3, -0.25) is 4.79 Å². The Morgan fingerprint density at radius 3 is 2.53 bits per heavy atom. The lowest BCUT2D eigenvalue weighted by Gasteiger charge is -2.23. The van der Waals surface area contributed by atoms with E-state index in [9.17, 15) is 9.59 Å². The van der Waals surface area contributed by atoms with E-state index < -0.39 is 5.97 Å². The molecule has 1 aliphatic heterocycles. The third-order valence-electron chi connectivity index (χ3n) is 6.56. The zero-order valence-electron chi connectivity index (χ0n) is 21.9. The Morgan fingerprint density at radius 1 is 0.974 bits per heavy atom. The van der Waals surface area contributed by atoms with Crippen LogP contribution in [0.4, 0.5) is 17.1 Å². The number of amides is 1. The molecule has 4 rings (SSSR count). The number of rotatable bonds is 8. The molecule has 0 saturated carbocycles. The van der Waals surface area contributed by atoms with Crippen LogP contribution in [-0.2, 0) is 11.3 Å². The van der Waals surface area contributed by atoms with Crippen LogP contribution in [0, 0.1) is 11.3 Å². The molecule has 8 heteroatoms. The molecule has 0 atom stereocenters. The van der Waals surface area contributed by atoms with Crippen LogP contribution >= 0.6 is 0 Å². The molecule has 0 bridgehead atoms. The summed E-state index contributed by atoms with van der Waals surface area (Å²) in [4.78, 5) is 30.2. The van der Waals surface area contributed by atoms with Crippen molar-refractivity contribution in [3.63, 3.8) is 0 Å². The predicted octanol–water partition coefficient (Wildman–Crippen LogP) is 4.74. The molecule has 3 aromatic carbocycles. The zero-order chi connectivity index (χ0) is 26.9. The molecular formula is C30H33N5O3. The maximum atomic E-state index is 13.2.